The molecule has 5 heteroatoms. The second-order valence-corrected chi connectivity index (χ2v) is 9.05. The summed E-state index contributed by atoms with van der Waals surface area (Å²) >= 11 is 8.16. The zero-order chi connectivity index (χ0) is 21.1. The Balaban J connectivity index is 1.57. The summed E-state index contributed by atoms with van der Waals surface area (Å²) < 4.78 is 10.8. The van der Waals surface area contributed by atoms with Crippen LogP contribution >= 0.6 is 23.4 Å². The third-order valence-corrected chi connectivity index (χ3v) is 7.11. The number of hydrogen-bond acceptors (Lipinski definition) is 4. The lowest BCUT2D eigenvalue weighted by atomic mass is 9.97. The first kappa shape index (κ1) is 21.1. The Bertz CT molecular complexity index is 1040. The van der Waals surface area contributed by atoms with E-state index in [1.807, 2.05) is 23.9 Å². The maximum absolute atomic E-state index is 6.32. The van der Waals surface area contributed by atoms with Crippen LogP contribution in [-0.2, 0) is 12.8 Å². The number of methoxy groups -OCH3 is 2. The molecule has 0 saturated carbocycles. The fourth-order valence-corrected chi connectivity index (χ4v) is 5.29. The largest absolute Gasteiger partial charge is 0.493 e. The van der Waals surface area contributed by atoms with Gasteiger partial charge in [0.05, 0.1) is 14.2 Å². The molecule has 0 fully saturated rings. The summed E-state index contributed by atoms with van der Waals surface area (Å²) in [6.45, 7) is 0.940. The van der Waals surface area contributed by atoms with Crippen LogP contribution in [0.15, 0.2) is 70.5 Å². The van der Waals surface area contributed by atoms with Gasteiger partial charge in [0.25, 0.3) is 0 Å². The van der Waals surface area contributed by atoms with Crippen molar-refractivity contribution in [3.05, 3.63) is 82.4 Å². The number of likely N-dealkylation sites (N-methyl/N-ethyl adjacent to an activating group) is 1. The molecule has 0 aromatic heterocycles. The Hall–Kier alpha value is -2.14. The molecule has 1 aliphatic heterocycles. The van der Waals surface area contributed by atoms with E-state index in [9.17, 15) is 0 Å². The van der Waals surface area contributed by atoms with Gasteiger partial charge >= 0.3 is 0 Å². The summed E-state index contributed by atoms with van der Waals surface area (Å²) in [7, 11) is 5.55. The molecular weight excluding hydrogens is 414 g/mol. The van der Waals surface area contributed by atoms with Crippen molar-refractivity contribution in [3.63, 3.8) is 0 Å². The summed E-state index contributed by atoms with van der Waals surface area (Å²) in [5, 5.41) is 0.798. The Labute approximate surface area is 188 Å². The lowest BCUT2D eigenvalue weighted by molar-refractivity contribution is 0.243. The van der Waals surface area contributed by atoms with Gasteiger partial charge in [-0.3, -0.25) is 4.90 Å². The fourth-order valence-electron chi connectivity index (χ4n) is 3.98. The molecule has 0 amide bonds. The first-order valence-electron chi connectivity index (χ1n) is 10.1. The van der Waals surface area contributed by atoms with Crippen molar-refractivity contribution in [2.24, 2.45) is 0 Å². The first-order valence-corrected chi connectivity index (χ1v) is 11.2. The van der Waals surface area contributed by atoms with Crippen LogP contribution in [0.2, 0.25) is 5.02 Å². The van der Waals surface area contributed by atoms with E-state index in [1.54, 1.807) is 14.2 Å². The van der Waals surface area contributed by atoms with E-state index in [0.717, 1.165) is 35.9 Å². The van der Waals surface area contributed by atoms with Gasteiger partial charge in [-0.15, -0.1) is 0 Å². The van der Waals surface area contributed by atoms with Gasteiger partial charge in [0, 0.05) is 27.4 Å². The van der Waals surface area contributed by atoms with E-state index in [4.69, 9.17) is 21.1 Å². The van der Waals surface area contributed by atoms with Crippen LogP contribution in [0.5, 0.6) is 11.5 Å². The lowest BCUT2D eigenvalue weighted by Gasteiger charge is -2.29. The Morgan fingerprint density at radius 1 is 0.967 bits per heavy atom. The van der Waals surface area contributed by atoms with E-state index in [0.29, 0.717) is 6.04 Å². The van der Waals surface area contributed by atoms with Crippen molar-refractivity contribution in [2.45, 2.75) is 28.7 Å². The lowest BCUT2D eigenvalue weighted by Crippen LogP contribution is -2.28. The third kappa shape index (κ3) is 4.46. The van der Waals surface area contributed by atoms with Crippen LogP contribution in [0, 0.1) is 0 Å². The van der Waals surface area contributed by atoms with Gasteiger partial charge in [-0.1, -0.05) is 47.6 Å². The van der Waals surface area contributed by atoms with Crippen molar-refractivity contribution in [1.29, 1.82) is 0 Å². The van der Waals surface area contributed by atoms with E-state index < -0.39 is 0 Å². The molecule has 3 aromatic rings. The van der Waals surface area contributed by atoms with E-state index in [-0.39, 0.29) is 0 Å². The summed E-state index contributed by atoms with van der Waals surface area (Å²) in [6, 6.07) is 21.4. The molecule has 3 nitrogen and oxygen atoms in total. The predicted molar refractivity (Wildman–Crippen MR) is 124 cm³/mol. The molecule has 30 heavy (non-hydrogen) atoms. The number of hydrogen-bond donors (Lipinski definition) is 0. The van der Waals surface area contributed by atoms with Crippen LogP contribution in [0.4, 0.5) is 0 Å². The summed E-state index contributed by atoms with van der Waals surface area (Å²) in [5.41, 5.74) is 3.93. The molecule has 1 heterocycles. The molecule has 1 atom stereocenters. The quantitative estimate of drug-likeness (QED) is 0.450. The molecule has 0 aliphatic carbocycles. The maximum Gasteiger partial charge on any atom is 0.160 e. The van der Waals surface area contributed by atoms with Crippen molar-refractivity contribution < 1.29 is 9.47 Å². The summed E-state index contributed by atoms with van der Waals surface area (Å²) in [6.07, 6.45) is 1.88. The highest BCUT2D eigenvalue weighted by Crippen LogP contribution is 2.43. The second-order valence-electron chi connectivity index (χ2n) is 7.53. The van der Waals surface area contributed by atoms with E-state index in [2.05, 4.69) is 60.5 Å². The number of rotatable bonds is 6. The third-order valence-electron chi connectivity index (χ3n) is 5.67. The predicted octanol–water partition coefficient (Wildman–Crippen LogP) is 6.28. The van der Waals surface area contributed by atoms with Crippen LogP contribution in [0.1, 0.15) is 22.7 Å². The minimum absolute atomic E-state index is 0.300. The molecule has 1 unspecified atom stereocenters. The molecule has 0 radical (unpaired) electrons. The van der Waals surface area contributed by atoms with Crippen molar-refractivity contribution >= 4 is 23.4 Å². The second kappa shape index (κ2) is 9.34. The zero-order valence-electron chi connectivity index (χ0n) is 17.5. The highest BCUT2D eigenvalue weighted by molar-refractivity contribution is 7.99. The molecule has 0 spiro atoms. The van der Waals surface area contributed by atoms with Gasteiger partial charge in [0.2, 0.25) is 0 Å². The van der Waals surface area contributed by atoms with Gasteiger partial charge in [0.1, 0.15) is 0 Å². The molecule has 1 aliphatic rings. The number of benzene rings is 3. The van der Waals surface area contributed by atoms with Crippen LogP contribution in [-0.4, -0.2) is 32.7 Å². The molecule has 156 valence electrons. The van der Waals surface area contributed by atoms with Crippen LogP contribution in [0.3, 0.4) is 0 Å². The van der Waals surface area contributed by atoms with Crippen LogP contribution in [0.25, 0.3) is 0 Å². The zero-order valence-corrected chi connectivity index (χ0v) is 19.1. The van der Waals surface area contributed by atoms with Gasteiger partial charge in [-0.2, -0.15) is 0 Å². The molecule has 4 rings (SSSR count). The number of halogens is 1. The highest BCUT2D eigenvalue weighted by atomic mass is 35.5. The molecule has 0 bridgehead atoms. The minimum Gasteiger partial charge on any atom is -0.493 e. The number of ether oxygens (including phenoxy) is 2. The standard InChI is InChI=1S/C25H26ClNO2S/c1-27(13-12-17-8-10-22(28-2)23(14-17)29-3)21-16-18-15-19(26)9-11-24(18)30-25-7-5-4-6-20(21)25/h4-11,14-15,21H,12-13,16H2,1-3H3. The van der Waals surface area contributed by atoms with Crippen LogP contribution < -0.4 is 9.47 Å². The number of nitrogens with zero attached hydrogens (tertiary/aromatic N) is 1. The first-order chi connectivity index (χ1) is 14.6. The summed E-state index contributed by atoms with van der Waals surface area (Å²) in [4.78, 5) is 5.07. The van der Waals surface area contributed by atoms with Gasteiger partial charge in [-0.25, -0.2) is 0 Å². The SMILES string of the molecule is COc1ccc(CCN(C)C2Cc3cc(Cl)ccc3Sc3ccccc32)cc1OC. The van der Waals surface area contributed by atoms with E-state index in [1.165, 1.54) is 26.5 Å². The summed E-state index contributed by atoms with van der Waals surface area (Å²) in [5.74, 6) is 1.54. The molecule has 0 saturated heterocycles. The van der Waals surface area contributed by atoms with Gasteiger partial charge in [-0.05, 0) is 73.0 Å². The maximum atomic E-state index is 6.32. The van der Waals surface area contributed by atoms with Gasteiger partial charge < -0.3 is 9.47 Å². The highest BCUT2D eigenvalue weighted by Gasteiger charge is 2.25. The fraction of sp³-hybridized carbons (Fsp3) is 0.280. The molecular formula is C25H26ClNO2S. The van der Waals surface area contributed by atoms with E-state index >= 15 is 0 Å². The smallest absolute Gasteiger partial charge is 0.160 e. The average Bonchev–Trinajstić information content (AvgIpc) is 2.93. The van der Waals surface area contributed by atoms with Crippen molar-refractivity contribution in [1.82, 2.24) is 4.90 Å². The number of fused-ring (bicyclic) bond motifs is 2. The normalized spacial score (nSPS) is 15.3. The Morgan fingerprint density at radius 2 is 1.77 bits per heavy atom. The minimum atomic E-state index is 0.300. The topological polar surface area (TPSA) is 21.7 Å². The van der Waals surface area contributed by atoms with Gasteiger partial charge in [0.15, 0.2) is 11.5 Å². The Kier molecular flexibility index (Phi) is 6.57. The van der Waals surface area contributed by atoms with Crippen molar-refractivity contribution in [2.75, 3.05) is 27.8 Å². The molecule has 3 aromatic carbocycles. The Morgan fingerprint density at radius 3 is 2.57 bits per heavy atom. The average molecular weight is 440 g/mol. The monoisotopic (exact) mass is 439 g/mol. The molecule has 0 N–H and O–H groups in total. The van der Waals surface area contributed by atoms with Crippen molar-refractivity contribution in [3.8, 4) is 11.5 Å².